The van der Waals surface area contributed by atoms with Gasteiger partial charge in [-0.1, -0.05) is 12.1 Å². The Morgan fingerprint density at radius 3 is 2.45 bits per heavy atom. The highest BCUT2D eigenvalue weighted by Gasteiger charge is 2.30. The van der Waals surface area contributed by atoms with E-state index in [0.29, 0.717) is 12.6 Å². The summed E-state index contributed by atoms with van der Waals surface area (Å²) in [5.74, 6) is -0.0155. The van der Waals surface area contributed by atoms with E-state index in [2.05, 4.69) is 0 Å². The van der Waals surface area contributed by atoms with Crippen LogP contribution in [-0.2, 0) is 4.79 Å². The zero-order valence-electron chi connectivity index (χ0n) is 12.1. The molecule has 1 aromatic rings. The van der Waals surface area contributed by atoms with Crippen molar-refractivity contribution in [1.82, 2.24) is 4.90 Å². The molecule has 1 saturated carbocycles. The van der Waals surface area contributed by atoms with Gasteiger partial charge in [-0.2, -0.15) is 0 Å². The fourth-order valence-corrected chi connectivity index (χ4v) is 2.11. The number of carbonyl (C=O) groups is 1. The Morgan fingerprint density at radius 2 is 1.95 bits per heavy atom. The fraction of sp³-hybridized carbons (Fsp3) is 0.438. The number of aliphatic hydroxyl groups excluding tert-OH is 1. The van der Waals surface area contributed by atoms with Gasteiger partial charge in [0.2, 0.25) is 5.91 Å². The smallest absolute Gasteiger partial charge is 0.246 e. The van der Waals surface area contributed by atoms with E-state index in [0.717, 1.165) is 24.1 Å². The fourth-order valence-electron chi connectivity index (χ4n) is 2.11. The molecule has 1 aliphatic carbocycles. The number of anilines is 1. The number of hydrogen-bond donors (Lipinski definition) is 1. The van der Waals surface area contributed by atoms with E-state index in [1.807, 2.05) is 49.3 Å². The highest BCUT2D eigenvalue weighted by molar-refractivity contribution is 5.92. The maximum absolute atomic E-state index is 12.1. The number of carbonyl (C=O) groups excluding carboxylic acids is 1. The summed E-state index contributed by atoms with van der Waals surface area (Å²) in [6.45, 7) is 0.445. The van der Waals surface area contributed by atoms with Crippen LogP contribution in [0.5, 0.6) is 0 Å². The van der Waals surface area contributed by atoms with Crippen LogP contribution in [-0.4, -0.2) is 49.2 Å². The molecule has 0 unspecified atom stereocenters. The zero-order chi connectivity index (χ0) is 14.5. The number of aliphatic hydroxyl groups is 1. The lowest BCUT2D eigenvalue weighted by Crippen LogP contribution is -2.34. The second-order valence-electron chi connectivity index (χ2n) is 5.31. The summed E-state index contributed by atoms with van der Waals surface area (Å²) in [5, 5.41) is 9.01. The lowest BCUT2D eigenvalue weighted by atomic mass is 10.2. The molecule has 0 heterocycles. The van der Waals surface area contributed by atoms with Gasteiger partial charge < -0.3 is 14.9 Å². The normalized spacial score (nSPS) is 14.6. The number of nitrogens with zero attached hydrogens (tertiary/aromatic N) is 2. The molecule has 0 atom stereocenters. The van der Waals surface area contributed by atoms with Gasteiger partial charge in [0.1, 0.15) is 0 Å². The minimum atomic E-state index is -0.0155. The van der Waals surface area contributed by atoms with Crippen LogP contribution in [0.15, 0.2) is 30.3 Å². The SMILES string of the molecule is CN(C)c1ccc(/C=C/C(=O)N(CCO)C2CC2)cc1. The average Bonchev–Trinajstić information content (AvgIpc) is 3.27. The molecule has 1 fully saturated rings. The lowest BCUT2D eigenvalue weighted by molar-refractivity contribution is -0.127. The summed E-state index contributed by atoms with van der Waals surface area (Å²) in [5.41, 5.74) is 2.14. The Kier molecular flexibility index (Phi) is 4.79. The largest absolute Gasteiger partial charge is 0.395 e. The van der Waals surface area contributed by atoms with Crippen molar-refractivity contribution in [2.75, 3.05) is 32.1 Å². The number of amides is 1. The maximum atomic E-state index is 12.1. The van der Waals surface area contributed by atoms with Crippen LogP contribution in [0.25, 0.3) is 6.08 Å². The minimum absolute atomic E-state index is 0.0155. The molecule has 2 rings (SSSR count). The van der Waals surface area contributed by atoms with Gasteiger partial charge in [0.15, 0.2) is 0 Å². The van der Waals surface area contributed by atoms with E-state index in [9.17, 15) is 4.79 Å². The van der Waals surface area contributed by atoms with E-state index in [1.54, 1.807) is 11.0 Å². The Hall–Kier alpha value is -1.81. The monoisotopic (exact) mass is 274 g/mol. The molecule has 20 heavy (non-hydrogen) atoms. The van der Waals surface area contributed by atoms with Crippen molar-refractivity contribution in [3.05, 3.63) is 35.9 Å². The molecule has 0 spiro atoms. The molecule has 0 saturated heterocycles. The third-order valence-electron chi connectivity index (χ3n) is 3.44. The molecule has 0 radical (unpaired) electrons. The number of rotatable bonds is 6. The van der Waals surface area contributed by atoms with Crippen LogP contribution < -0.4 is 4.90 Å². The van der Waals surface area contributed by atoms with Crippen molar-refractivity contribution >= 4 is 17.7 Å². The molecule has 4 heteroatoms. The summed E-state index contributed by atoms with van der Waals surface area (Å²) >= 11 is 0. The maximum Gasteiger partial charge on any atom is 0.246 e. The topological polar surface area (TPSA) is 43.8 Å². The molecule has 4 nitrogen and oxygen atoms in total. The van der Waals surface area contributed by atoms with Gasteiger partial charge in [0, 0.05) is 38.4 Å². The molecule has 0 aliphatic heterocycles. The Bertz CT molecular complexity index is 476. The average molecular weight is 274 g/mol. The van der Waals surface area contributed by atoms with Crippen LogP contribution in [0.1, 0.15) is 18.4 Å². The van der Waals surface area contributed by atoms with Crippen molar-refractivity contribution in [2.24, 2.45) is 0 Å². The highest BCUT2D eigenvalue weighted by atomic mass is 16.3. The summed E-state index contributed by atoms with van der Waals surface area (Å²) in [6, 6.07) is 8.36. The standard InChI is InChI=1S/C16H22N2O2/c1-17(2)14-6-3-13(4-7-14)5-10-16(20)18(11-12-19)15-8-9-15/h3-7,10,15,19H,8-9,11-12H2,1-2H3/b10-5+. The van der Waals surface area contributed by atoms with Gasteiger partial charge in [-0.05, 0) is 36.6 Å². The molecule has 1 amide bonds. The Morgan fingerprint density at radius 1 is 1.30 bits per heavy atom. The molecular formula is C16H22N2O2. The first-order valence-electron chi connectivity index (χ1n) is 6.98. The van der Waals surface area contributed by atoms with E-state index >= 15 is 0 Å². The van der Waals surface area contributed by atoms with Crippen LogP contribution in [0.3, 0.4) is 0 Å². The van der Waals surface area contributed by atoms with Gasteiger partial charge in [0.05, 0.1) is 6.61 Å². The van der Waals surface area contributed by atoms with Crippen molar-refractivity contribution in [1.29, 1.82) is 0 Å². The van der Waals surface area contributed by atoms with Gasteiger partial charge in [-0.25, -0.2) is 0 Å². The highest BCUT2D eigenvalue weighted by Crippen LogP contribution is 2.26. The van der Waals surface area contributed by atoms with Gasteiger partial charge >= 0.3 is 0 Å². The van der Waals surface area contributed by atoms with Crippen molar-refractivity contribution in [3.8, 4) is 0 Å². The summed E-state index contributed by atoms with van der Waals surface area (Å²) < 4.78 is 0. The van der Waals surface area contributed by atoms with E-state index in [4.69, 9.17) is 5.11 Å². The summed E-state index contributed by atoms with van der Waals surface area (Å²) in [4.78, 5) is 15.9. The molecule has 1 N–H and O–H groups in total. The van der Waals surface area contributed by atoms with Gasteiger partial charge in [-0.3, -0.25) is 4.79 Å². The predicted molar refractivity (Wildman–Crippen MR) is 81.6 cm³/mol. The summed E-state index contributed by atoms with van der Waals surface area (Å²) in [7, 11) is 3.99. The Balaban J connectivity index is 1.98. The van der Waals surface area contributed by atoms with E-state index < -0.39 is 0 Å². The molecular weight excluding hydrogens is 252 g/mol. The van der Waals surface area contributed by atoms with Crippen LogP contribution in [0, 0.1) is 0 Å². The number of benzene rings is 1. The molecule has 0 aromatic heterocycles. The second-order valence-corrected chi connectivity index (χ2v) is 5.31. The molecule has 1 aromatic carbocycles. The Labute approximate surface area is 120 Å². The summed E-state index contributed by atoms with van der Waals surface area (Å²) in [6.07, 6.45) is 5.53. The first-order valence-corrected chi connectivity index (χ1v) is 6.98. The third-order valence-corrected chi connectivity index (χ3v) is 3.44. The van der Waals surface area contributed by atoms with Crippen molar-refractivity contribution < 1.29 is 9.90 Å². The van der Waals surface area contributed by atoms with E-state index in [-0.39, 0.29) is 12.5 Å². The van der Waals surface area contributed by atoms with Crippen LogP contribution in [0.4, 0.5) is 5.69 Å². The van der Waals surface area contributed by atoms with Gasteiger partial charge in [-0.15, -0.1) is 0 Å². The van der Waals surface area contributed by atoms with Crippen molar-refractivity contribution in [2.45, 2.75) is 18.9 Å². The molecule has 0 bridgehead atoms. The van der Waals surface area contributed by atoms with Crippen molar-refractivity contribution in [3.63, 3.8) is 0 Å². The second kappa shape index (κ2) is 6.57. The minimum Gasteiger partial charge on any atom is -0.395 e. The van der Waals surface area contributed by atoms with Gasteiger partial charge in [0.25, 0.3) is 0 Å². The van der Waals surface area contributed by atoms with E-state index in [1.165, 1.54) is 0 Å². The third kappa shape index (κ3) is 3.84. The predicted octanol–water partition coefficient (Wildman–Crippen LogP) is 1.75. The zero-order valence-corrected chi connectivity index (χ0v) is 12.1. The molecule has 1 aliphatic rings. The van der Waals surface area contributed by atoms with Crippen LogP contribution in [0.2, 0.25) is 0 Å². The first kappa shape index (κ1) is 14.6. The lowest BCUT2D eigenvalue weighted by Gasteiger charge is -2.19. The number of hydrogen-bond acceptors (Lipinski definition) is 3. The quantitative estimate of drug-likeness (QED) is 0.804. The molecule has 108 valence electrons. The van der Waals surface area contributed by atoms with Crippen LogP contribution >= 0.6 is 0 Å². The first-order chi connectivity index (χ1) is 9.61.